The van der Waals surface area contributed by atoms with E-state index in [1.54, 1.807) is 6.26 Å². The fourth-order valence-electron chi connectivity index (χ4n) is 5.57. The van der Waals surface area contributed by atoms with Crippen molar-refractivity contribution in [3.63, 3.8) is 0 Å². The van der Waals surface area contributed by atoms with Crippen LogP contribution in [0, 0.1) is 17.8 Å². The smallest absolute Gasteiger partial charge is 0.129 e. The first-order valence-corrected chi connectivity index (χ1v) is 8.83. The first kappa shape index (κ1) is 14.7. The van der Waals surface area contributed by atoms with Gasteiger partial charge in [-0.25, -0.2) is 0 Å². The number of furan rings is 1. The van der Waals surface area contributed by atoms with E-state index in [1.165, 1.54) is 38.5 Å². The van der Waals surface area contributed by atoms with Gasteiger partial charge in [-0.05, 0) is 49.1 Å². The van der Waals surface area contributed by atoms with Gasteiger partial charge in [0.25, 0.3) is 0 Å². The lowest BCUT2D eigenvalue weighted by molar-refractivity contribution is -0.743. The van der Waals surface area contributed by atoms with Crippen LogP contribution in [0.3, 0.4) is 0 Å². The summed E-state index contributed by atoms with van der Waals surface area (Å²) in [5.41, 5.74) is 0.441. The van der Waals surface area contributed by atoms with E-state index in [0.717, 1.165) is 30.1 Å². The summed E-state index contributed by atoms with van der Waals surface area (Å²) in [5.74, 6) is 3.72. The molecule has 0 spiro atoms. The third kappa shape index (κ3) is 3.10. The topological polar surface area (TPSA) is 59.2 Å². The van der Waals surface area contributed by atoms with Gasteiger partial charge in [-0.1, -0.05) is 0 Å². The zero-order valence-electron chi connectivity index (χ0n) is 13.2. The van der Waals surface area contributed by atoms with Gasteiger partial charge >= 0.3 is 0 Å². The summed E-state index contributed by atoms with van der Waals surface area (Å²) in [4.78, 5) is 0. The van der Waals surface area contributed by atoms with E-state index in [9.17, 15) is 5.11 Å². The van der Waals surface area contributed by atoms with Gasteiger partial charge in [-0.15, -0.1) is 0 Å². The van der Waals surface area contributed by atoms with E-state index in [-0.39, 0.29) is 6.10 Å². The zero-order valence-corrected chi connectivity index (χ0v) is 13.2. The van der Waals surface area contributed by atoms with Gasteiger partial charge in [0, 0.05) is 19.3 Å². The Morgan fingerprint density at radius 3 is 2.50 bits per heavy atom. The normalized spacial score (nSPS) is 37.6. The van der Waals surface area contributed by atoms with Gasteiger partial charge in [0.1, 0.15) is 25.0 Å². The average molecular weight is 306 g/mol. The first-order valence-electron chi connectivity index (χ1n) is 8.83. The molecule has 0 aromatic carbocycles. The van der Waals surface area contributed by atoms with Crippen molar-refractivity contribution >= 4 is 0 Å². The van der Waals surface area contributed by atoms with Crippen LogP contribution >= 0.6 is 0 Å². The minimum atomic E-state index is -0.386. The minimum Gasteiger partial charge on any atom is -0.467 e. The van der Waals surface area contributed by atoms with Crippen LogP contribution in [0.25, 0.3) is 0 Å². The predicted molar refractivity (Wildman–Crippen MR) is 82.1 cm³/mol. The molecule has 0 unspecified atom stereocenters. The molecule has 1 aromatic rings. The van der Waals surface area contributed by atoms with Crippen molar-refractivity contribution in [2.45, 2.75) is 56.8 Å². The van der Waals surface area contributed by atoms with Crippen LogP contribution < -0.4 is 5.32 Å². The molecule has 1 aromatic heterocycles. The molecule has 4 heteroatoms. The lowest BCUT2D eigenvalue weighted by atomic mass is 9.53. The molecule has 5 rings (SSSR count). The summed E-state index contributed by atoms with van der Waals surface area (Å²) in [6.45, 7) is 1.61. The summed E-state index contributed by atoms with van der Waals surface area (Å²) < 4.78 is 10.8. The van der Waals surface area contributed by atoms with Crippen molar-refractivity contribution in [1.82, 2.24) is 0 Å². The largest absolute Gasteiger partial charge is 0.467 e. The van der Waals surface area contributed by atoms with Gasteiger partial charge in [0.15, 0.2) is 0 Å². The predicted octanol–water partition coefficient (Wildman–Crippen LogP) is 1.69. The summed E-state index contributed by atoms with van der Waals surface area (Å²) in [5, 5.41) is 12.6. The van der Waals surface area contributed by atoms with E-state index >= 15 is 0 Å². The van der Waals surface area contributed by atoms with E-state index in [2.05, 4.69) is 5.32 Å². The second-order valence-corrected chi connectivity index (χ2v) is 7.97. The molecule has 4 nitrogen and oxygen atoms in total. The number of hydrogen-bond acceptors (Lipinski definition) is 3. The molecule has 4 fully saturated rings. The van der Waals surface area contributed by atoms with Crippen LogP contribution in [0.2, 0.25) is 0 Å². The monoisotopic (exact) mass is 306 g/mol. The van der Waals surface area contributed by atoms with Crippen LogP contribution in [0.1, 0.15) is 44.3 Å². The molecule has 1 heterocycles. The second-order valence-electron chi connectivity index (χ2n) is 7.97. The third-order valence-electron chi connectivity index (χ3n) is 6.04. The molecule has 4 aliphatic rings. The molecule has 4 bridgehead atoms. The van der Waals surface area contributed by atoms with Gasteiger partial charge in [0.2, 0.25) is 0 Å². The summed E-state index contributed by atoms with van der Waals surface area (Å²) in [7, 11) is 0. The minimum absolute atomic E-state index is 0.386. The maximum absolute atomic E-state index is 10.2. The van der Waals surface area contributed by atoms with Gasteiger partial charge in [-0.3, -0.25) is 0 Å². The highest BCUT2D eigenvalue weighted by Crippen LogP contribution is 2.54. The number of quaternary nitrogens is 1. The molecule has 22 heavy (non-hydrogen) atoms. The summed E-state index contributed by atoms with van der Waals surface area (Å²) in [6.07, 6.45) is 9.81. The van der Waals surface area contributed by atoms with Crippen molar-refractivity contribution in [2.75, 3.05) is 13.2 Å². The van der Waals surface area contributed by atoms with Crippen molar-refractivity contribution in [1.29, 1.82) is 0 Å². The Labute approximate surface area is 132 Å². The van der Waals surface area contributed by atoms with Gasteiger partial charge in [-0.2, -0.15) is 0 Å². The zero-order chi connectivity index (χ0) is 15.0. The lowest BCUT2D eigenvalue weighted by Crippen LogP contribution is -3.00. The van der Waals surface area contributed by atoms with Gasteiger partial charge < -0.3 is 19.6 Å². The number of aliphatic hydroxyl groups excluding tert-OH is 1. The average Bonchev–Trinajstić information content (AvgIpc) is 2.97. The number of rotatable bonds is 7. The number of nitrogens with two attached hydrogens (primary N) is 1. The molecule has 0 saturated heterocycles. The Morgan fingerprint density at radius 2 is 1.91 bits per heavy atom. The van der Waals surface area contributed by atoms with Crippen LogP contribution in [-0.4, -0.2) is 29.9 Å². The molecule has 0 aliphatic heterocycles. The van der Waals surface area contributed by atoms with Crippen molar-refractivity contribution in [3.8, 4) is 0 Å². The molecule has 4 saturated carbocycles. The molecule has 4 aliphatic carbocycles. The molecule has 0 radical (unpaired) electrons. The Hall–Kier alpha value is -0.840. The Balaban J connectivity index is 1.22. The van der Waals surface area contributed by atoms with E-state index in [0.29, 0.717) is 18.8 Å². The molecular formula is C18H28NO3+. The summed E-state index contributed by atoms with van der Waals surface area (Å²) in [6, 6.07) is 3.75. The number of hydrogen-bond donors (Lipinski definition) is 2. The van der Waals surface area contributed by atoms with Crippen molar-refractivity contribution in [3.05, 3.63) is 24.2 Å². The third-order valence-corrected chi connectivity index (χ3v) is 6.04. The number of aliphatic hydroxyl groups is 1. The maximum atomic E-state index is 10.2. The molecule has 0 amide bonds. The fraction of sp³-hybridized carbons (Fsp3) is 0.778. The Morgan fingerprint density at radius 1 is 1.23 bits per heavy atom. The van der Waals surface area contributed by atoms with Crippen LogP contribution in [-0.2, 0) is 11.3 Å². The van der Waals surface area contributed by atoms with Crippen molar-refractivity contribution in [2.24, 2.45) is 17.8 Å². The van der Waals surface area contributed by atoms with Crippen LogP contribution in [0.5, 0.6) is 0 Å². The first-order chi connectivity index (χ1) is 10.7. The van der Waals surface area contributed by atoms with Crippen LogP contribution in [0.4, 0.5) is 0 Å². The Kier molecular flexibility index (Phi) is 4.01. The number of ether oxygens (including phenoxy) is 1. The standard InChI is InChI=1S/C18H27NO3/c20-16(11-21-12-17-2-1-3-22-17)10-19-18-7-13-4-14(8-18)6-15(5-13)9-18/h1-3,13-16,19-20H,4-12H2/p+1/t13?,14?,15?,16-,18?/m1/s1. The summed E-state index contributed by atoms with van der Waals surface area (Å²) >= 11 is 0. The highest BCUT2D eigenvalue weighted by Gasteiger charge is 2.53. The molecule has 1 atom stereocenters. The Bertz CT molecular complexity index is 449. The van der Waals surface area contributed by atoms with Gasteiger partial charge in [0.05, 0.1) is 18.4 Å². The molecular weight excluding hydrogens is 278 g/mol. The SMILES string of the molecule is O[C@H](C[NH2+]C12CC3CC(CC(C3)C1)C2)COCc1ccco1. The van der Waals surface area contributed by atoms with E-state index < -0.39 is 0 Å². The molecule has 3 N–H and O–H groups in total. The highest BCUT2D eigenvalue weighted by molar-refractivity contribution is 5.01. The van der Waals surface area contributed by atoms with Crippen LogP contribution in [0.15, 0.2) is 22.8 Å². The quantitative estimate of drug-likeness (QED) is 0.806. The van der Waals surface area contributed by atoms with E-state index in [1.807, 2.05) is 12.1 Å². The second kappa shape index (κ2) is 5.99. The van der Waals surface area contributed by atoms with Crippen molar-refractivity contribution < 1.29 is 19.6 Å². The molecule has 122 valence electrons. The fourth-order valence-corrected chi connectivity index (χ4v) is 5.57. The lowest BCUT2D eigenvalue weighted by Gasteiger charge is -2.54. The maximum Gasteiger partial charge on any atom is 0.129 e. The van der Waals surface area contributed by atoms with E-state index in [4.69, 9.17) is 9.15 Å². The highest BCUT2D eigenvalue weighted by atomic mass is 16.5.